The zero-order valence-electron chi connectivity index (χ0n) is 14.7. The summed E-state index contributed by atoms with van der Waals surface area (Å²) in [6.07, 6.45) is 3.50. The number of carbonyl (C=O) groups excluding carboxylic acids is 3. The maximum atomic E-state index is 12.8. The van der Waals surface area contributed by atoms with Gasteiger partial charge in [0, 0.05) is 30.8 Å². The fourth-order valence-electron chi connectivity index (χ4n) is 3.40. The Kier molecular flexibility index (Phi) is 5.06. The first-order valence-electron chi connectivity index (χ1n) is 8.94. The van der Waals surface area contributed by atoms with Gasteiger partial charge in [0.2, 0.25) is 11.8 Å². The molecule has 1 aliphatic carbocycles. The summed E-state index contributed by atoms with van der Waals surface area (Å²) in [5.41, 5.74) is 1.23. The molecule has 1 heterocycles. The molecular weight excluding hydrogens is 318 g/mol. The lowest BCUT2D eigenvalue weighted by Crippen LogP contribution is -2.51. The normalized spacial score (nSPS) is 25.2. The summed E-state index contributed by atoms with van der Waals surface area (Å²) in [5, 5.41) is 5.53. The maximum Gasteiger partial charge on any atom is 0.254 e. The number of anilines is 1. The van der Waals surface area contributed by atoms with Crippen molar-refractivity contribution >= 4 is 23.4 Å². The van der Waals surface area contributed by atoms with Crippen molar-refractivity contribution < 1.29 is 14.4 Å². The first-order chi connectivity index (χ1) is 12.0. The minimum Gasteiger partial charge on any atom is -0.357 e. The third-order valence-corrected chi connectivity index (χ3v) is 5.16. The zero-order chi connectivity index (χ0) is 18.0. The van der Waals surface area contributed by atoms with Gasteiger partial charge in [-0.1, -0.05) is 6.92 Å². The van der Waals surface area contributed by atoms with Gasteiger partial charge in [0.1, 0.15) is 6.04 Å². The van der Waals surface area contributed by atoms with Crippen molar-refractivity contribution in [2.24, 2.45) is 11.8 Å². The number of benzene rings is 1. The molecule has 2 aliphatic rings. The summed E-state index contributed by atoms with van der Waals surface area (Å²) in [6, 6.07) is 6.52. The molecule has 6 heteroatoms. The molecule has 0 unspecified atom stereocenters. The SMILES string of the molecule is CNC(=O)[C@@H]1CCCCN1C(=O)c1ccc(NC(=O)[C@@H]2C[C@@H]2C)cc1. The van der Waals surface area contributed by atoms with Crippen molar-refractivity contribution in [2.75, 3.05) is 18.9 Å². The number of hydrogen-bond donors (Lipinski definition) is 2. The van der Waals surface area contributed by atoms with Crippen LogP contribution in [0.3, 0.4) is 0 Å². The molecule has 1 aromatic rings. The van der Waals surface area contributed by atoms with E-state index in [2.05, 4.69) is 17.6 Å². The van der Waals surface area contributed by atoms with Crippen LogP contribution in [0, 0.1) is 11.8 Å². The topological polar surface area (TPSA) is 78.5 Å². The van der Waals surface area contributed by atoms with E-state index in [9.17, 15) is 14.4 Å². The van der Waals surface area contributed by atoms with Crippen LogP contribution in [0.5, 0.6) is 0 Å². The van der Waals surface area contributed by atoms with E-state index < -0.39 is 6.04 Å². The number of nitrogens with one attached hydrogen (secondary N) is 2. The van der Waals surface area contributed by atoms with Crippen molar-refractivity contribution in [1.29, 1.82) is 0 Å². The third kappa shape index (κ3) is 3.83. The molecule has 0 aromatic heterocycles. The van der Waals surface area contributed by atoms with Crippen LogP contribution in [-0.4, -0.2) is 42.3 Å². The number of likely N-dealkylation sites (N-methyl/N-ethyl adjacent to an activating group) is 1. The number of amides is 3. The number of nitrogens with zero attached hydrogens (tertiary/aromatic N) is 1. The van der Waals surface area contributed by atoms with Crippen LogP contribution in [-0.2, 0) is 9.59 Å². The Morgan fingerprint density at radius 2 is 1.76 bits per heavy atom. The molecule has 25 heavy (non-hydrogen) atoms. The van der Waals surface area contributed by atoms with Crippen LogP contribution < -0.4 is 10.6 Å². The predicted molar refractivity (Wildman–Crippen MR) is 95.1 cm³/mol. The monoisotopic (exact) mass is 343 g/mol. The van der Waals surface area contributed by atoms with E-state index in [0.29, 0.717) is 30.1 Å². The fourth-order valence-corrected chi connectivity index (χ4v) is 3.40. The first kappa shape index (κ1) is 17.5. The van der Waals surface area contributed by atoms with Gasteiger partial charge in [-0.2, -0.15) is 0 Å². The second kappa shape index (κ2) is 7.25. The summed E-state index contributed by atoms with van der Waals surface area (Å²) in [4.78, 5) is 38.4. The van der Waals surface area contributed by atoms with Crippen LogP contribution in [0.1, 0.15) is 43.0 Å². The molecule has 1 saturated carbocycles. The number of rotatable bonds is 4. The Morgan fingerprint density at radius 1 is 1.08 bits per heavy atom. The second-order valence-electron chi connectivity index (χ2n) is 7.01. The summed E-state index contributed by atoms with van der Waals surface area (Å²) >= 11 is 0. The highest BCUT2D eigenvalue weighted by molar-refractivity contribution is 5.99. The van der Waals surface area contributed by atoms with Gasteiger partial charge in [-0.25, -0.2) is 0 Å². The van der Waals surface area contributed by atoms with Crippen molar-refractivity contribution in [3.8, 4) is 0 Å². The van der Waals surface area contributed by atoms with Gasteiger partial charge in [0.25, 0.3) is 5.91 Å². The summed E-state index contributed by atoms with van der Waals surface area (Å²) in [6.45, 7) is 2.66. The number of likely N-dealkylation sites (tertiary alicyclic amines) is 1. The number of piperidine rings is 1. The van der Waals surface area contributed by atoms with Gasteiger partial charge in [-0.3, -0.25) is 14.4 Å². The molecular formula is C19H25N3O3. The Balaban J connectivity index is 1.67. The van der Waals surface area contributed by atoms with E-state index in [1.165, 1.54) is 0 Å². The standard InChI is InChI=1S/C19H25N3O3/c1-12-11-15(12)17(23)21-14-8-6-13(7-9-14)19(25)22-10-4-3-5-16(22)18(24)20-2/h6-9,12,15-16H,3-5,10-11H2,1-2H3,(H,20,24)(H,21,23)/t12-,15+,16-/m0/s1. The number of carbonyl (C=O) groups is 3. The van der Waals surface area contributed by atoms with Gasteiger partial charge in [0.05, 0.1) is 0 Å². The molecule has 134 valence electrons. The average Bonchev–Trinajstić information content (AvgIpc) is 3.38. The minimum atomic E-state index is -0.401. The smallest absolute Gasteiger partial charge is 0.254 e. The Labute approximate surface area is 148 Å². The highest BCUT2D eigenvalue weighted by atomic mass is 16.2. The lowest BCUT2D eigenvalue weighted by Gasteiger charge is -2.34. The third-order valence-electron chi connectivity index (χ3n) is 5.16. The van der Waals surface area contributed by atoms with Crippen LogP contribution >= 0.6 is 0 Å². The second-order valence-corrected chi connectivity index (χ2v) is 7.01. The van der Waals surface area contributed by atoms with Crippen molar-refractivity contribution in [3.63, 3.8) is 0 Å². The lowest BCUT2D eigenvalue weighted by atomic mass is 10.00. The summed E-state index contributed by atoms with van der Waals surface area (Å²) in [7, 11) is 1.60. The molecule has 0 spiro atoms. The molecule has 3 rings (SSSR count). The van der Waals surface area contributed by atoms with E-state index in [-0.39, 0.29) is 23.6 Å². The van der Waals surface area contributed by atoms with Crippen molar-refractivity contribution in [1.82, 2.24) is 10.2 Å². The minimum absolute atomic E-state index is 0.0438. The van der Waals surface area contributed by atoms with E-state index in [0.717, 1.165) is 19.3 Å². The van der Waals surface area contributed by atoms with Gasteiger partial charge >= 0.3 is 0 Å². The number of hydrogen-bond acceptors (Lipinski definition) is 3. The Bertz CT molecular complexity index is 671. The van der Waals surface area contributed by atoms with Gasteiger partial charge < -0.3 is 15.5 Å². The molecule has 0 radical (unpaired) electrons. The summed E-state index contributed by atoms with van der Waals surface area (Å²) in [5.74, 6) is 0.365. The predicted octanol–water partition coefficient (Wildman–Crippen LogP) is 2.02. The van der Waals surface area contributed by atoms with E-state index >= 15 is 0 Å². The molecule has 0 bridgehead atoms. The van der Waals surface area contributed by atoms with E-state index in [1.807, 2.05) is 0 Å². The van der Waals surface area contributed by atoms with Crippen LogP contribution in [0.4, 0.5) is 5.69 Å². The average molecular weight is 343 g/mol. The lowest BCUT2D eigenvalue weighted by molar-refractivity contribution is -0.126. The molecule has 2 N–H and O–H groups in total. The molecule has 6 nitrogen and oxygen atoms in total. The van der Waals surface area contributed by atoms with E-state index in [1.54, 1.807) is 36.2 Å². The highest BCUT2D eigenvalue weighted by Gasteiger charge is 2.39. The summed E-state index contributed by atoms with van der Waals surface area (Å²) < 4.78 is 0. The fraction of sp³-hybridized carbons (Fsp3) is 0.526. The maximum absolute atomic E-state index is 12.8. The molecule has 2 fully saturated rings. The molecule has 1 saturated heterocycles. The van der Waals surface area contributed by atoms with Gasteiger partial charge in [-0.15, -0.1) is 0 Å². The first-order valence-corrected chi connectivity index (χ1v) is 8.94. The van der Waals surface area contributed by atoms with Crippen molar-refractivity contribution in [2.45, 2.75) is 38.6 Å². The Morgan fingerprint density at radius 3 is 2.36 bits per heavy atom. The molecule has 1 aliphatic heterocycles. The quantitative estimate of drug-likeness (QED) is 0.878. The Hall–Kier alpha value is -2.37. The zero-order valence-corrected chi connectivity index (χ0v) is 14.7. The van der Waals surface area contributed by atoms with Gasteiger partial charge in [0.15, 0.2) is 0 Å². The van der Waals surface area contributed by atoms with Gasteiger partial charge in [-0.05, 0) is 55.9 Å². The van der Waals surface area contributed by atoms with Crippen molar-refractivity contribution in [3.05, 3.63) is 29.8 Å². The largest absolute Gasteiger partial charge is 0.357 e. The van der Waals surface area contributed by atoms with Crippen LogP contribution in [0.15, 0.2) is 24.3 Å². The molecule has 3 atom stereocenters. The molecule has 3 amide bonds. The van der Waals surface area contributed by atoms with E-state index in [4.69, 9.17) is 0 Å². The van der Waals surface area contributed by atoms with Crippen LogP contribution in [0.2, 0.25) is 0 Å². The van der Waals surface area contributed by atoms with Crippen LogP contribution in [0.25, 0.3) is 0 Å². The highest BCUT2D eigenvalue weighted by Crippen LogP contribution is 2.38. The molecule has 1 aromatic carbocycles.